The molecule has 0 heterocycles. The molecule has 23 heavy (non-hydrogen) atoms. The smallest absolute Gasteiger partial charge is 0.331 e. The number of ether oxygens (including phenoxy) is 1. The van der Waals surface area contributed by atoms with Crippen LogP contribution < -0.4 is 0 Å². The summed E-state index contributed by atoms with van der Waals surface area (Å²) >= 11 is 6.05. The van der Waals surface area contributed by atoms with Crippen LogP contribution >= 0.6 is 11.6 Å². The van der Waals surface area contributed by atoms with E-state index in [0.29, 0.717) is 16.1 Å². The van der Waals surface area contributed by atoms with Crippen LogP contribution in [0.3, 0.4) is 0 Å². The van der Waals surface area contributed by atoms with Crippen LogP contribution in [-0.4, -0.2) is 10.9 Å². The number of hydrogen-bond acceptors (Lipinski definition) is 4. The highest BCUT2D eigenvalue weighted by atomic mass is 35.5. The molecule has 118 valence electrons. The maximum atomic E-state index is 11.9. The first-order valence-electron chi connectivity index (χ1n) is 6.85. The Bertz CT molecular complexity index is 758. The van der Waals surface area contributed by atoms with Gasteiger partial charge in [-0.2, -0.15) is 0 Å². The Morgan fingerprint density at radius 1 is 1.22 bits per heavy atom. The number of para-hydroxylation sites is 1. The van der Waals surface area contributed by atoms with Crippen LogP contribution in [0.25, 0.3) is 6.08 Å². The average molecular weight is 332 g/mol. The fourth-order valence-electron chi connectivity index (χ4n) is 2.03. The number of nitro groups is 1. The molecule has 0 saturated heterocycles. The lowest BCUT2D eigenvalue weighted by molar-refractivity contribution is -0.385. The number of carbonyl (C=O) groups is 1. The molecular weight excluding hydrogens is 318 g/mol. The van der Waals surface area contributed by atoms with Gasteiger partial charge < -0.3 is 4.74 Å². The maximum Gasteiger partial charge on any atom is 0.331 e. The number of benzene rings is 2. The predicted molar refractivity (Wildman–Crippen MR) is 88.1 cm³/mol. The molecule has 0 radical (unpaired) electrons. The van der Waals surface area contributed by atoms with E-state index in [-0.39, 0.29) is 5.69 Å². The van der Waals surface area contributed by atoms with Gasteiger partial charge in [0.15, 0.2) is 0 Å². The van der Waals surface area contributed by atoms with Gasteiger partial charge in [-0.1, -0.05) is 41.9 Å². The largest absolute Gasteiger partial charge is 0.455 e. The highest BCUT2D eigenvalue weighted by Gasteiger charge is 2.14. The van der Waals surface area contributed by atoms with Gasteiger partial charge in [0.05, 0.1) is 10.5 Å². The minimum Gasteiger partial charge on any atom is -0.455 e. The molecule has 5 nitrogen and oxygen atoms in total. The van der Waals surface area contributed by atoms with Gasteiger partial charge in [0.25, 0.3) is 5.69 Å². The van der Waals surface area contributed by atoms with Crippen molar-refractivity contribution in [1.29, 1.82) is 0 Å². The van der Waals surface area contributed by atoms with E-state index >= 15 is 0 Å². The van der Waals surface area contributed by atoms with Crippen LogP contribution in [0.1, 0.15) is 24.2 Å². The molecule has 0 aliphatic heterocycles. The zero-order chi connectivity index (χ0) is 16.8. The molecule has 0 fully saturated rings. The van der Waals surface area contributed by atoms with Gasteiger partial charge in [-0.25, -0.2) is 4.79 Å². The molecule has 0 bridgehead atoms. The van der Waals surface area contributed by atoms with E-state index in [4.69, 9.17) is 16.3 Å². The SMILES string of the molecule is C[C@H](OC(=O)/C=C/c1ccccc1[N+](=O)[O-])c1ccccc1Cl. The lowest BCUT2D eigenvalue weighted by Gasteiger charge is -2.13. The highest BCUT2D eigenvalue weighted by molar-refractivity contribution is 6.31. The molecule has 0 saturated carbocycles. The number of carbonyl (C=O) groups excluding carboxylic acids is 1. The molecule has 2 aromatic rings. The summed E-state index contributed by atoms with van der Waals surface area (Å²) in [5.41, 5.74) is 0.956. The van der Waals surface area contributed by atoms with Crippen molar-refractivity contribution >= 4 is 29.3 Å². The zero-order valence-corrected chi connectivity index (χ0v) is 13.1. The number of nitro benzene ring substituents is 1. The Morgan fingerprint density at radius 2 is 1.87 bits per heavy atom. The summed E-state index contributed by atoms with van der Waals surface area (Å²) in [6, 6.07) is 13.2. The molecule has 2 aromatic carbocycles. The molecule has 0 aromatic heterocycles. The van der Waals surface area contributed by atoms with Crippen molar-refractivity contribution in [2.24, 2.45) is 0 Å². The minimum atomic E-state index is -0.601. The van der Waals surface area contributed by atoms with Gasteiger partial charge in [0, 0.05) is 22.7 Å². The lowest BCUT2D eigenvalue weighted by Crippen LogP contribution is -2.06. The zero-order valence-electron chi connectivity index (χ0n) is 12.3. The molecular formula is C17H14ClNO4. The van der Waals surface area contributed by atoms with Crippen molar-refractivity contribution in [2.45, 2.75) is 13.0 Å². The Labute approximate surface area is 138 Å². The lowest BCUT2D eigenvalue weighted by atomic mass is 10.1. The van der Waals surface area contributed by atoms with Gasteiger partial charge >= 0.3 is 5.97 Å². The third-order valence-corrected chi connectivity index (χ3v) is 3.51. The van der Waals surface area contributed by atoms with Gasteiger partial charge in [-0.05, 0) is 25.1 Å². The van der Waals surface area contributed by atoms with Gasteiger partial charge in [-0.3, -0.25) is 10.1 Å². The molecule has 0 spiro atoms. The van der Waals surface area contributed by atoms with Crippen LogP contribution in [0.2, 0.25) is 5.02 Å². The first-order chi connectivity index (χ1) is 11.0. The molecule has 0 amide bonds. The molecule has 0 N–H and O–H groups in total. The fourth-order valence-corrected chi connectivity index (χ4v) is 2.32. The fraction of sp³-hybridized carbons (Fsp3) is 0.118. The monoisotopic (exact) mass is 331 g/mol. The van der Waals surface area contributed by atoms with Crippen LogP contribution in [0.5, 0.6) is 0 Å². The maximum absolute atomic E-state index is 11.9. The first-order valence-corrected chi connectivity index (χ1v) is 7.23. The summed E-state index contributed by atoms with van der Waals surface area (Å²) < 4.78 is 5.26. The quantitative estimate of drug-likeness (QED) is 0.348. The average Bonchev–Trinajstić information content (AvgIpc) is 2.53. The molecule has 0 aliphatic carbocycles. The molecule has 6 heteroatoms. The Kier molecular flexibility index (Phi) is 5.49. The van der Waals surface area contributed by atoms with Gasteiger partial charge in [0.2, 0.25) is 0 Å². The number of nitrogens with zero attached hydrogens (tertiary/aromatic N) is 1. The van der Waals surface area contributed by atoms with Gasteiger partial charge in [0.1, 0.15) is 6.10 Å². The van der Waals surface area contributed by atoms with Crippen molar-refractivity contribution < 1.29 is 14.5 Å². The van der Waals surface area contributed by atoms with Crippen LogP contribution in [0.15, 0.2) is 54.6 Å². The highest BCUT2D eigenvalue weighted by Crippen LogP contribution is 2.25. The first kappa shape index (κ1) is 16.7. The Hall–Kier alpha value is -2.66. The van der Waals surface area contributed by atoms with E-state index in [0.717, 1.165) is 6.08 Å². The Balaban J connectivity index is 2.08. The van der Waals surface area contributed by atoms with E-state index in [9.17, 15) is 14.9 Å². The third-order valence-electron chi connectivity index (χ3n) is 3.17. The van der Waals surface area contributed by atoms with Crippen molar-refractivity contribution in [1.82, 2.24) is 0 Å². The summed E-state index contributed by atoms with van der Waals surface area (Å²) in [6.07, 6.45) is 2.00. The molecule has 1 atom stereocenters. The second kappa shape index (κ2) is 7.56. The van der Waals surface area contributed by atoms with Crippen molar-refractivity contribution in [3.63, 3.8) is 0 Å². The number of hydrogen-bond donors (Lipinski definition) is 0. The van der Waals surface area contributed by atoms with E-state index in [1.807, 2.05) is 0 Å². The summed E-state index contributed by atoms with van der Waals surface area (Å²) in [5.74, 6) is -0.601. The van der Waals surface area contributed by atoms with E-state index < -0.39 is 17.0 Å². The number of halogens is 1. The number of rotatable bonds is 5. The van der Waals surface area contributed by atoms with Crippen LogP contribution in [-0.2, 0) is 9.53 Å². The second-order valence-electron chi connectivity index (χ2n) is 4.75. The molecule has 0 aliphatic rings. The summed E-state index contributed by atoms with van der Waals surface area (Å²) in [4.78, 5) is 22.3. The Morgan fingerprint density at radius 3 is 2.57 bits per heavy atom. The van der Waals surface area contributed by atoms with Gasteiger partial charge in [-0.15, -0.1) is 0 Å². The number of esters is 1. The van der Waals surface area contributed by atoms with Crippen molar-refractivity contribution in [2.75, 3.05) is 0 Å². The standard InChI is InChI=1S/C17H14ClNO4/c1-12(14-7-3-4-8-15(14)18)23-17(20)11-10-13-6-2-5-9-16(13)19(21)22/h2-12H,1H3/b11-10+/t12-/m0/s1. The second-order valence-corrected chi connectivity index (χ2v) is 5.16. The normalized spacial score (nSPS) is 12.1. The summed E-state index contributed by atoms with van der Waals surface area (Å²) in [6.45, 7) is 1.71. The molecule has 2 rings (SSSR count). The van der Waals surface area contributed by atoms with Crippen molar-refractivity contribution in [3.8, 4) is 0 Å². The van der Waals surface area contributed by atoms with Crippen molar-refractivity contribution in [3.05, 3.63) is 80.9 Å². The van der Waals surface area contributed by atoms with Crippen LogP contribution in [0, 0.1) is 10.1 Å². The van der Waals surface area contributed by atoms with E-state index in [1.165, 1.54) is 12.1 Å². The summed E-state index contributed by atoms with van der Waals surface area (Å²) in [7, 11) is 0. The predicted octanol–water partition coefficient (Wildman–Crippen LogP) is 4.57. The topological polar surface area (TPSA) is 69.4 Å². The molecule has 0 unspecified atom stereocenters. The van der Waals surface area contributed by atoms with E-state index in [2.05, 4.69) is 0 Å². The van der Waals surface area contributed by atoms with E-state index in [1.54, 1.807) is 49.4 Å². The third kappa shape index (κ3) is 4.40. The minimum absolute atomic E-state index is 0.0734. The van der Waals surface area contributed by atoms with Crippen LogP contribution in [0.4, 0.5) is 5.69 Å². The summed E-state index contributed by atoms with van der Waals surface area (Å²) in [5, 5.41) is 11.4.